The molecule has 3 aromatic carbocycles. The summed E-state index contributed by atoms with van der Waals surface area (Å²) in [6.45, 7) is 5.57. The molecular weight excluding hydrogens is 370 g/mol. The van der Waals surface area contributed by atoms with E-state index in [-0.39, 0.29) is 6.03 Å². The fourth-order valence-electron chi connectivity index (χ4n) is 4.10. The van der Waals surface area contributed by atoms with Crippen molar-refractivity contribution in [2.75, 3.05) is 31.1 Å². The number of anilines is 2. The summed E-state index contributed by atoms with van der Waals surface area (Å²) in [4.78, 5) is 19.8. The van der Waals surface area contributed by atoms with E-state index in [4.69, 9.17) is 0 Å². The van der Waals surface area contributed by atoms with Crippen LogP contribution in [0.3, 0.4) is 0 Å². The van der Waals surface area contributed by atoms with Crippen molar-refractivity contribution in [3.8, 4) is 0 Å². The number of carbonyl (C=O) groups is 1. The minimum atomic E-state index is 0.0442. The predicted molar refractivity (Wildman–Crippen MR) is 123 cm³/mol. The second-order valence-corrected chi connectivity index (χ2v) is 7.85. The van der Waals surface area contributed by atoms with Gasteiger partial charge in [0.15, 0.2) is 0 Å². The predicted octanol–water partition coefficient (Wildman–Crippen LogP) is 5.19. The molecule has 1 unspecified atom stereocenters. The van der Waals surface area contributed by atoms with Gasteiger partial charge < -0.3 is 4.90 Å². The van der Waals surface area contributed by atoms with Gasteiger partial charge in [-0.05, 0) is 43.2 Å². The molecule has 0 aliphatic carbocycles. The summed E-state index contributed by atoms with van der Waals surface area (Å²) in [5.74, 6) is 0. The van der Waals surface area contributed by atoms with Gasteiger partial charge in [0.2, 0.25) is 0 Å². The van der Waals surface area contributed by atoms with E-state index in [0.29, 0.717) is 6.04 Å². The van der Waals surface area contributed by atoms with Crippen molar-refractivity contribution in [1.82, 2.24) is 9.80 Å². The quantitative estimate of drug-likeness (QED) is 0.590. The lowest BCUT2D eigenvalue weighted by molar-refractivity contribution is 0.117. The third-order valence-corrected chi connectivity index (χ3v) is 5.80. The largest absolute Gasteiger partial charge is 0.329 e. The maximum absolute atomic E-state index is 13.5. The van der Waals surface area contributed by atoms with Crippen molar-refractivity contribution in [1.29, 1.82) is 0 Å². The Hall–Kier alpha value is -3.11. The number of rotatable bonds is 5. The number of benzene rings is 3. The number of para-hydroxylation sites is 2. The van der Waals surface area contributed by atoms with Gasteiger partial charge in [-0.25, -0.2) is 4.79 Å². The SMILES string of the molecule is CC(Cc1ccccc1)N1CCN(C(=O)N(c2ccccc2)c2ccccc2)CC1. The summed E-state index contributed by atoms with van der Waals surface area (Å²) < 4.78 is 0. The van der Waals surface area contributed by atoms with Crippen molar-refractivity contribution in [2.24, 2.45) is 0 Å². The van der Waals surface area contributed by atoms with E-state index in [0.717, 1.165) is 44.0 Å². The molecule has 1 aliphatic rings. The lowest BCUT2D eigenvalue weighted by Gasteiger charge is -2.40. The summed E-state index contributed by atoms with van der Waals surface area (Å²) in [6, 6.07) is 30.9. The van der Waals surface area contributed by atoms with Crippen molar-refractivity contribution in [2.45, 2.75) is 19.4 Å². The van der Waals surface area contributed by atoms with Gasteiger partial charge in [0, 0.05) is 32.2 Å². The molecule has 1 aliphatic heterocycles. The van der Waals surface area contributed by atoms with Gasteiger partial charge in [0.1, 0.15) is 0 Å². The van der Waals surface area contributed by atoms with Gasteiger partial charge in [-0.3, -0.25) is 9.80 Å². The number of hydrogen-bond acceptors (Lipinski definition) is 2. The maximum atomic E-state index is 13.5. The van der Waals surface area contributed by atoms with Crippen LogP contribution in [0.2, 0.25) is 0 Å². The van der Waals surface area contributed by atoms with E-state index in [1.165, 1.54) is 5.56 Å². The van der Waals surface area contributed by atoms with Gasteiger partial charge in [0.25, 0.3) is 0 Å². The molecule has 1 heterocycles. The Kier molecular flexibility index (Phi) is 6.45. The van der Waals surface area contributed by atoms with Crippen LogP contribution in [0.4, 0.5) is 16.2 Å². The van der Waals surface area contributed by atoms with E-state index >= 15 is 0 Å². The van der Waals surface area contributed by atoms with Gasteiger partial charge >= 0.3 is 6.03 Å². The highest BCUT2D eigenvalue weighted by Crippen LogP contribution is 2.27. The molecule has 0 radical (unpaired) electrons. The maximum Gasteiger partial charge on any atom is 0.329 e. The monoisotopic (exact) mass is 399 g/mol. The van der Waals surface area contributed by atoms with E-state index in [1.807, 2.05) is 70.5 Å². The third-order valence-electron chi connectivity index (χ3n) is 5.80. The molecule has 0 aromatic heterocycles. The van der Waals surface area contributed by atoms with Crippen molar-refractivity contribution in [3.63, 3.8) is 0 Å². The van der Waals surface area contributed by atoms with Crippen LogP contribution < -0.4 is 4.90 Å². The molecule has 4 nitrogen and oxygen atoms in total. The Labute approximate surface area is 179 Å². The minimum Gasteiger partial charge on any atom is -0.321 e. The Balaban J connectivity index is 1.43. The average Bonchev–Trinajstić information content (AvgIpc) is 2.81. The van der Waals surface area contributed by atoms with Gasteiger partial charge in [-0.2, -0.15) is 0 Å². The highest BCUT2D eigenvalue weighted by molar-refractivity contribution is 5.99. The first-order chi connectivity index (χ1) is 14.7. The Morgan fingerprint density at radius 1 is 0.767 bits per heavy atom. The molecule has 4 rings (SSSR count). The molecule has 4 heteroatoms. The van der Waals surface area contributed by atoms with E-state index in [9.17, 15) is 4.79 Å². The zero-order valence-electron chi connectivity index (χ0n) is 17.5. The number of piperazine rings is 1. The number of nitrogens with zero attached hydrogens (tertiary/aromatic N) is 3. The molecule has 0 saturated carbocycles. The molecule has 154 valence electrons. The summed E-state index contributed by atoms with van der Waals surface area (Å²) in [7, 11) is 0. The fraction of sp³-hybridized carbons (Fsp3) is 0.269. The average molecular weight is 400 g/mol. The number of urea groups is 1. The minimum absolute atomic E-state index is 0.0442. The van der Waals surface area contributed by atoms with Crippen LogP contribution in [0.5, 0.6) is 0 Å². The second-order valence-electron chi connectivity index (χ2n) is 7.85. The first-order valence-corrected chi connectivity index (χ1v) is 10.7. The standard InChI is InChI=1S/C26H29N3O/c1-22(21-23-11-5-2-6-12-23)27-17-19-28(20-18-27)26(30)29(24-13-7-3-8-14-24)25-15-9-4-10-16-25/h2-16,22H,17-21H2,1H3. The topological polar surface area (TPSA) is 26.8 Å². The van der Waals surface area contributed by atoms with Gasteiger partial charge in [-0.1, -0.05) is 66.7 Å². The van der Waals surface area contributed by atoms with Gasteiger partial charge in [0.05, 0.1) is 11.4 Å². The number of hydrogen-bond donors (Lipinski definition) is 0. The van der Waals surface area contributed by atoms with Crippen LogP contribution in [0.1, 0.15) is 12.5 Å². The summed E-state index contributed by atoms with van der Waals surface area (Å²) >= 11 is 0. The summed E-state index contributed by atoms with van der Waals surface area (Å²) in [5, 5.41) is 0. The van der Waals surface area contributed by atoms with Crippen LogP contribution in [0, 0.1) is 0 Å². The number of amides is 2. The zero-order valence-corrected chi connectivity index (χ0v) is 17.5. The molecular formula is C26H29N3O. The van der Waals surface area contributed by atoms with Crippen molar-refractivity contribution < 1.29 is 4.79 Å². The van der Waals surface area contributed by atoms with E-state index in [1.54, 1.807) is 0 Å². The Morgan fingerprint density at radius 3 is 1.73 bits per heavy atom. The summed E-state index contributed by atoms with van der Waals surface area (Å²) in [5.41, 5.74) is 3.16. The normalized spacial score (nSPS) is 15.6. The van der Waals surface area contributed by atoms with Crippen LogP contribution >= 0.6 is 0 Å². The molecule has 30 heavy (non-hydrogen) atoms. The van der Waals surface area contributed by atoms with Crippen LogP contribution in [0.15, 0.2) is 91.0 Å². The van der Waals surface area contributed by atoms with Crippen LogP contribution in [0.25, 0.3) is 0 Å². The lowest BCUT2D eigenvalue weighted by Crippen LogP contribution is -2.54. The van der Waals surface area contributed by atoms with Crippen molar-refractivity contribution in [3.05, 3.63) is 96.6 Å². The fourth-order valence-corrected chi connectivity index (χ4v) is 4.10. The van der Waals surface area contributed by atoms with Crippen LogP contribution in [-0.2, 0) is 6.42 Å². The molecule has 0 bridgehead atoms. The smallest absolute Gasteiger partial charge is 0.321 e. The second kappa shape index (κ2) is 9.59. The Morgan fingerprint density at radius 2 is 1.23 bits per heavy atom. The van der Waals surface area contributed by atoms with Gasteiger partial charge in [-0.15, -0.1) is 0 Å². The van der Waals surface area contributed by atoms with E-state index in [2.05, 4.69) is 42.2 Å². The highest BCUT2D eigenvalue weighted by Gasteiger charge is 2.28. The van der Waals surface area contributed by atoms with E-state index < -0.39 is 0 Å². The highest BCUT2D eigenvalue weighted by atomic mass is 16.2. The van der Waals surface area contributed by atoms with Crippen LogP contribution in [-0.4, -0.2) is 48.1 Å². The molecule has 1 fully saturated rings. The third kappa shape index (κ3) is 4.71. The molecule has 3 aromatic rings. The van der Waals surface area contributed by atoms with Crippen molar-refractivity contribution >= 4 is 17.4 Å². The molecule has 0 N–H and O–H groups in total. The molecule has 0 spiro atoms. The lowest BCUT2D eigenvalue weighted by atomic mass is 10.1. The Bertz CT molecular complexity index is 883. The zero-order chi connectivity index (χ0) is 20.8. The first kappa shape index (κ1) is 20.2. The molecule has 1 saturated heterocycles. The molecule has 1 atom stereocenters. The first-order valence-electron chi connectivity index (χ1n) is 10.7. The molecule has 2 amide bonds. The number of carbonyl (C=O) groups excluding carboxylic acids is 1. The summed E-state index contributed by atoms with van der Waals surface area (Å²) in [6.07, 6.45) is 1.04.